The van der Waals surface area contributed by atoms with Crippen molar-refractivity contribution in [3.63, 3.8) is 0 Å². The monoisotopic (exact) mass is 308 g/mol. The van der Waals surface area contributed by atoms with E-state index in [1.54, 1.807) is 11.3 Å². The van der Waals surface area contributed by atoms with Gasteiger partial charge in [0.2, 0.25) is 11.1 Å². The Morgan fingerprint density at radius 3 is 3.15 bits per heavy atom. The molecule has 0 bridgehead atoms. The van der Waals surface area contributed by atoms with Gasteiger partial charge < -0.3 is 5.32 Å². The molecule has 1 unspecified atom stereocenters. The van der Waals surface area contributed by atoms with E-state index in [1.165, 1.54) is 11.8 Å². The largest absolute Gasteiger partial charge is 0.355 e. The lowest BCUT2D eigenvalue weighted by Crippen LogP contribution is -2.30. The lowest BCUT2D eigenvalue weighted by molar-refractivity contribution is -0.120. The zero-order chi connectivity index (χ0) is 14.4. The van der Waals surface area contributed by atoms with Crippen LogP contribution in [0.4, 0.5) is 0 Å². The van der Waals surface area contributed by atoms with Crippen molar-refractivity contribution >= 4 is 41.2 Å². The zero-order valence-electron chi connectivity index (χ0n) is 11.3. The minimum absolute atomic E-state index is 0.00187. The Hall–Kier alpha value is -1.60. The number of nitrogens with zero attached hydrogens (tertiary/aromatic N) is 2. The Kier molecular flexibility index (Phi) is 5.37. The summed E-state index contributed by atoms with van der Waals surface area (Å²) in [5.41, 5.74) is 0. The van der Waals surface area contributed by atoms with E-state index >= 15 is 0 Å². The fraction of sp³-hybridized carbons (Fsp3) is 0.308. The number of thiophene rings is 1. The maximum Gasteiger partial charge on any atom is 0.233 e. The number of carbonyl (C=O) groups excluding carboxylic acids is 1. The van der Waals surface area contributed by atoms with Crippen molar-refractivity contribution in [1.82, 2.24) is 20.5 Å². The number of amides is 1. The van der Waals surface area contributed by atoms with E-state index in [4.69, 9.17) is 0 Å². The van der Waals surface area contributed by atoms with Crippen LogP contribution in [0.2, 0.25) is 0 Å². The molecule has 0 aromatic carbocycles. The minimum Gasteiger partial charge on any atom is -0.355 e. The molecule has 0 saturated heterocycles. The van der Waals surface area contributed by atoms with Crippen LogP contribution in [-0.2, 0) is 4.79 Å². The molecule has 2 N–H and O–H groups in total. The number of hydrogen-bond donors (Lipinski definition) is 2. The van der Waals surface area contributed by atoms with E-state index in [2.05, 4.69) is 20.5 Å². The Balaban J connectivity index is 1.93. The molecule has 2 rings (SSSR count). The molecule has 0 fully saturated rings. The molecule has 0 aliphatic carbocycles. The van der Waals surface area contributed by atoms with Crippen molar-refractivity contribution in [2.75, 3.05) is 6.54 Å². The lowest BCUT2D eigenvalue weighted by Gasteiger charge is -2.07. The molecule has 7 heteroatoms. The number of carbonyl (C=O) groups is 1. The van der Waals surface area contributed by atoms with Crippen molar-refractivity contribution < 1.29 is 4.79 Å². The van der Waals surface area contributed by atoms with Gasteiger partial charge in [0.05, 0.1) is 5.25 Å². The fourth-order valence-corrected chi connectivity index (χ4v) is 2.84. The molecule has 0 saturated carbocycles. The molecule has 1 amide bonds. The lowest BCUT2D eigenvalue weighted by atomic mass is 10.4. The first-order valence-corrected chi connectivity index (χ1v) is 8.03. The Bertz CT molecular complexity index is 577. The minimum atomic E-state index is -0.208. The van der Waals surface area contributed by atoms with E-state index in [1.807, 2.05) is 43.5 Å². The van der Waals surface area contributed by atoms with Crippen LogP contribution in [0.5, 0.6) is 0 Å². The van der Waals surface area contributed by atoms with Gasteiger partial charge in [-0.3, -0.25) is 9.89 Å². The summed E-state index contributed by atoms with van der Waals surface area (Å²) in [7, 11) is 0. The summed E-state index contributed by atoms with van der Waals surface area (Å²) in [4.78, 5) is 17.1. The number of nitrogens with one attached hydrogen (secondary N) is 2. The summed E-state index contributed by atoms with van der Waals surface area (Å²) in [6.45, 7) is 4.37. The van der Waals surface area contributed by atoms with E-state index in [0.717, 1.165) is 4.88 Å². The molecule has 5 nitrogen and oxygen atoms in total. The number of thioether (sulfide) groups is 1. The second-order valence-corrected chi connectivity index (χ2v) is 6.29. The van der Waals surface area contributed by atoms with Gasteiger partial charge in [-0.1, -0.05) is 17.8 Å². The van der Waals surface area contributed by atoms with Gasteiger partial charge in [-0.2, -0.15) is 0 Å². The predicted molar refractivity (Wildman–Crippen MR) is 83.6 cm³/mol. The van der Waals surface area contributed by atoms with Crippen LogP contribution in [0.1, 0.15) is 24.5 Å². The highest BCUT2D eigenvalue weighted by Gasteiger charge is 2.15. The van der Waals surface area contributed by atoms with Gasteiger partial charge in [0.1, 0.15) is 5.82 Å². The highest BCUT2D eigenvalue weighted by molar-refractivity contribution is 8.00. The maximum atomic E-state index is 11.6. The van der Waals surface area contributed by atoms with Crippen LogP contribution < -0.4 is 5.32 Å². The van der Waals surface area contributed by atoms with Gasteiger partial charge in [0.25, 0.3) is 0 Å². The number of aromatic amines is 1. The average Bonchev–Trinajstić information content (AvgIpc) is 3.07. The van der Waals surface area contributed by atoms with E-state index in [-0.39, 0.29) is 11.2 Å². The van der Waals surface area contributed by atoms with Crippen molar-refractivity contribution in [2.24, 2.45) is 0 Å². The first-order chi connectivity index (χ1) is 9.69. The summed E-state index contributed by atoms with van der Waals surface area (Å²) in [5, 5.41) is 12.1. The molecule has 2 aromatic rings. The first kappa shape index (κ1) is 14.8. The summed E-state index contributed by atoms with van der Waals surface area (Å²) >= 11 is 3.00. The molecule has 20 heavy (non-hydrogen) atoms. The average molecular weight is 308 g/mol. The van der Waals surface area contributed by atoms with Crippen molar-refractivity contribution in [2.45, 2.75) is 24.3 Å². The molecule has 0 aliphatic heterocycles. The molecule has 2 heterocycles. The molecule has 0 radical (unpaired) electrons. The van der Waals surface area contributed by atoms with Crippen LogP contribution in [0.3, 0.4) is 0 Å². The second-order valence-electron chi connectivity index (χ2n) is 4.01. The summed E-state index contributed by atoms with van der Waals surface area (Å²) < 4.78 is 0. The van der Waals surface area contributed by atoms with Crippen molar-refractivity contribution in [3.05, 3.63) is 28.2 Å². The van der Waals surface area contributed by atoms with Gasteiger partial charge in [-0.15, -0.1) is 16.4 Å². The highest BCUT2D eigenvalue weighted by Crippen LogP contribution is 2.19. The van der Waals surface area contributed by atoms with Crippen LogP contribution in [-0.4, -0.2) is 32.9 Å². The third-order valence-electron chi connectivity index (χ3n) is 2.43. The highest BCUT2D eigenvalue weighted by atomic mass is 32.2. The molecule has 1 atom stereocenters. The second kappa shape index (κ2) is 7.25. The van der Waals surface area contributed by atoms with Crippen LogP contribution in [0.25, 0.3) is 12.2 Å². The molecular weight excluding hydrogens is 292 g/mol. The number of hydrogen-bond acceptors (Lipinski definition) is 5. The van der Waals surface area contributed by atoms with E-state index in [0.29, 0.717) is 17.5 Å². The smallest absolute Gasteiger partial charge is 0.233 e. The van der Waals surface area contributed by atoms with Crippen LogP contribution in [0.15, 0.2) is 22.7 Å². The molecule has 2 aromatic heterocycles. The Morgan fingerprint density at radius 1 is 1.60 bits per heavy atom. The van der Waals surface area contributed by atoms with Gasteiger partial charge in [0, 0.05) is 11.4 Å². The first-order valence-electron chi connectivity index (χ1n) is 6.27. The zero-order valence-corrected chi connectivity index (χ0v) is 12.9. The van der Waals surface area contributed by atoms with Gasteiger partial charge in [0.15, 0.2) is 0 Å². The summed E-state index contributed by atoms with van der Waals surface area (Å²) in [6, 6.07) is 4.03. The van der Waals surface area contributed by atoms with Crippen LogP contribution in [0, 0.1) is 0 Å². The number of H-pyrrole nitrogens is 1. The fourth-order valence-electron chi connectivity index (χ4n) is 1.46. The van der Waals surface area contributed by atoms with Gasteiger partial charge >= 0.3 is 0 Å². The normalized spacial score (nSPS) is 12.7. The molecular formula is C13H16N4OS2. The van der Waals surface area contributed by atoms with Crippen LogP contribution >= 0.6 is 23.1 Å². The third-order valence-corrected chi connectivity index (χ3v) is 4.23. The van der Waals surface area contributed by atoms with Gasteiger partial charge in [-0.25, -0.2) is 4.98 Å². The number of rotatable bonds is 6. The maximum absolute atomic E-state index is 11.6. The summed E-state index contributed by atoms with van der Waals surface area (Å²) in [5.74, 6) is 0.682. The SMILES string of the molecule is CCNC(=O)C(C)Sc1n[nH]c(/C=C/c2cccs2)n1. The van der Waals surface area contributed by atoms with E-state index < -0.39 is 0 Å². The Morgan fingerprint density at radius 2 is 2.45 bits per heavy atom. The standard InChI is InChI=1S/C13H16N4OS2/c1-3-14-12(18)9(2)20-13-15-11(16-17-13)7-6-10-5-4-8-19-10/h4-9H,3H2,1-2H3,(H,14,18)(H,15,16,17)/b7-6+. The van der Waals surface area contributed by atoms with Gasteiger partial charge in [-0.05, 0) is 37.4 Å². The van der Waals surface area contributed by atoms with Crippen molar-refractivity contribution in [1.29, 1.82) is 0 Å². The van der Waals surface area contributed by atoms with E-state index in [9.17, 15) is 4.79 Å². The molecule has 0 spiro atoms. The third kappa shape index (κ3) is 4.21. The molecule has 106 valence electrons. The number of aromatic nitrogens is 3. The predicted octanol–water partition coefficient (Wildman–Crippen LogP) is 2.65. The van der Waals surface area contributed by atoms with Crippen molar-refractivity contribution in [3.8, 4) is 0 Å². The summed E-state index contributed by atoms with van der Waals surface area (Å²) in [6.07, 6.45) is 3.85. The topological polar surface area (TPSA) is 70.7 Å². The quantitative estimate of drug-likeness (QED) is 0.805. The Labute approximate surface area is 125 Å². The molecule has 0 aliphatic rings.